The average molecular weight is 831 g/mol. The molecule has 10 rings (SSSR count). The minimum atomic E-state index is -0.0226. The molecular formula is C58H63BN2S. The Labute approximate surface area is 376 Å². The van der Waals surface area contributed by atoms with Crippen molar-refractivity contribution in [3.8, 4) is 11.1 Å². The molecule has 0 N–H and O–H groups in total. The number of fused-ring (bicyclic) bond motifs is 7. The second kappa shape index (κ2) is 13.7. The smallest absolute Gasteiger partial charge is 0.264 e. The van der Waals surface area contributed by atoms with Crippen molar-refractivity contribution < 1.29 is 0 Å². The molecule has 0 unspecified atom stereocenters. The average Bonchev–Trinajstić information content (AvgIpc) is 3.59. The van der Waals surface area contributed by atoms with Crippen LogP contribution in [0.15, 0.2) is 121 Å². The first-order chi connectivity index (χ1) is 29.1. The lowest BCUT2D eigenvalue weighted by Crippen LogP contribution is -2.60. The maximum absolute atomic E-state index is 2.64. The van der Waals surface area contributed by atoms with Crippen LogP contribution in [-0.2, 0) is 27.1 Å². The fourth-order valence-electron chi connectivity index (χ4n) is 10.6. The van der Waals surface area contributed by atoms with E-state index >= 15 is 0 Å². The first-order valence-electron chi connectivity index (χ1n) is 22.9. The normalized spacial score (nSPS) is 16.5. The van der Waals surface area contributed by atoms with Crippen LogP contribution in [0, 0.1) is 0 Å². The van der Waals surface area contributed by atoms with Gasteiger partial charge >= 0.3 is 0 Å². The first kappa shape index (κ1) is 41.0. The Bertz CT molecular complexity index is 2910. The third-order valence-corrected chi connectivity index (χ3v) is 15.8. The van der Waals surface area contributed by atoms with Crippen molar-refractivity contribution in [2.24, 2.45) is 0 Å². The second-order valence-electron chi connectivity index (χ2n) is 23.0. The minimum Gasteiger partial charge on any atom is -0.311 e. The van der Waals surface area contributed by atoms with Crippen molar-refractivity contribution in [3.05, 3.63) is 149 Å². The first-order valence-corrected chi connectivity index (χ1v) is 23.7. The molecule has 0 saturated heterocycles. The van der Waals surface area contributed by atoms with Crippen molar-refractivity contribution in [2.75, 3.05) is 9.80 Å². The number of anilines is 6. The highest BCUT2D eigenvalue weighted by atomic mass is 32.1. The molecule has 0 saturated carbocycles. The van der Waals surface area contributed by atoms with E-state index in [1.165, 1.54) is 112 Å². The minimum absolute atomic E-state index is 0.00252. The fraction of sp³-hybridized carbons (Fsp3) is 0.345. The van der Waals surface area contributed by atoms with E-state index in [2.05, 4.69) is 221 Å². The summed E-state index contributed by atoms with van der Waals surface area (Å²) in [5, 5.41) is 1.38. The van der Waals surface area contributed by atoms with Gasteiger partial charge in [0.1, 0.15) is 0 Å². The van der Waals surface area contributed by atoms with E-state index < -0.39 is 0 Å². The number of hydrogen-bond donors (Lipinski definition) is 0. The lowest BCUT2D eigenvalue weighted by Gasteiger charge is -2.44. The van der Waals surface area contributed by atoms with Crippen LogP contribution in [0.2, 0.25) is 0 Å². The summed E-state index contributed by atoms with van der Waals surface area (Å²) in [5.41, 5.74) is 20.2. The highest BCUT2D eigenvalue weighted by Crippen LogP contribution is 2.53. The maximum atomic E-state index is 2.64. The summed E-state index contributed by atoms with van der Waals surface area (Å²) in [7, 11) is 0. The van der Waals surface area contributed by atoms with Crippen LogP contribution in [0.4, 0.5) is 34.1 Å². The van der Waals surface area contributed by atoms with Gasteiger partial charge in [-0.2, -0.15) is 0 Å². The Morgan fingerprint density at radius 2 is 1.08 bits per heavy atom. The predicted molar refractivity (Wildman–Crippen MR) is 273 cm³/mol. The van der Waals surface area contributed by atoms with Gasteiger partial charge in [-0.05, 0) is 139 Å². The lowest BCUT2D eigenvalue weighted by atomic mass is 9.36. The Morgan fingerprint density at radius 1 is 0.516 bits per heavy atom. The number of benzene rings is 6. The highest BCUT2D eigenvalue weighted by Gasteiger charge is 2.47. The van der Waals surface area contributed by atoms with Crippen LogP contribution in [0.1, 0.15) is 131 Å². The Morgan fingerprint density at radius 3 is 1.71 bits per heavy atom. The summed E-state index contributed by atoms with van der Waals surface area (Å²) in [6.45, 7) is 30.9. The molecule has 3 heterocycles. The van der Waals surface area contributed by atoms with Crippen LogP contribution in [0.5, 0.6) is 0 Å². The van der Waals surface area contributed by atoms with Gasteiger partial charge in [0.25, 0.3) is 6.71 Å². The zero-order valence-corrected chi connectivity index (χ0v) is 40.2. The summed E-state index contributed by atoms with van der Waals surface area (Å²) >= 11 is 2.03. The molecule has 4 heteroatoms. The molecule has 314 valence electrons. The molecule has 1 aliphatic carbocycles. The summed E-state index contributed by atoms with van der Waals surface area (Å²) in [4.78, 5) is 5.26. The molecule has 0 fully saturated rings. The summed E-state index contributed by atoms with van der Waals surface area (Å²) < 4.78 is 2.83. The third kappa shape index (κ3) is 6.41. The molecule has 0 radical (unpaired) electrons. The Balaban J connectivity index is 1.31. The highest BCUT2D eigenvalue weighted by molar-refractivity contribution is 7.33. The van der Waals surface area contributed by atoms with Gasteiger partial charge in [-0.15, -0.1) is 11.3 Å². The molecule has 62 heavy (non-hydrogen) atoms. The SMILES string of the molecule is CC(C)(C)c1ccc(N2c3cccc4c3B(c3ccc(C(C)(C)C)cc3N4c3ccc(C(C)(C)C)cc3-c3ccccc3)c3sc4cc5c(cc4c32)C(C)(C)CCC5(C)C)cc1. The maximum Gasteiger partial charge on any atom is 0.264 e. The third-order valence-electron chi connectivity index (χ3n) is 14.6. The summed E-state index contributed by atoms with van der Waals surface area (Å²) in [6.07, 6.45) is 2.40. The molecule has 1 aromatic heterocycles. The molecule has 6 aromatic carbocycles. The summed E-state index contributed by atoms with van der Waals surface area (Å²) in [6, 6.07) is 47.5. The van der Waals surface area contributed by atoms with E-state index in [4.69, 9.17) is 0 Å². The van der Waals surface area contributed by atoms with Gasteiger partial charge < -0.3 is 9.80 Å². The van der Waals surface area contributed by atoms with Crippen molar-refractivity contribution in [1.82, 2.24) is 0 Å². The number of hydrogen-bond acceptors (Lipinski definition) is 3. The van der Waals surface area contributed by atoms with Gasteiger partial charge in [-0.1, -0.05) is 157 Å². The topological polar surface area (TPSA) is 6.48 Å². The van der Waals surface area contributed by atoms with Gasteiger partial charge in [0, 0.05) is 43.2 Å². The predicted octanol–water partition coefficient (Wildman–Crippen LogP) is 14.9. The molecule has 0 spiro atoms. The molecular weight excluding hydrogens is 768 g/mol. The number of rotatable bonds is 3. The van der Waals surface area contributed by atoms with Gasteiger partial charge in [0.2, 0.25) is 0 Å². The van der Waals surface area contributed by atoms with Crippen LogP contribution < -0.4 is 25.5 Å². The van der Waals surface area contributed by atoms with Gasteiger partial charge in [0.05, 0.1) is 11.4 Å². The van der Waals surface area contributed by atoms with Gasteiger partial charge in [0.15, 0.2) is 0 Å². The van der Waals surface area contributed by atoms with Crippen LogP contribution in [0.25, 0.3) is 21.2 Å². The number of nitrogens with zero attached hydrogens (tertiary/aromatic N) is 2. The van der Waals surface area contributed by atoms with E-state index in [1.807, 2.05) is 11.3 Å². The molecule has 0 amide bonds. The van der Waals surface area contributed by atoms with Gasteiger partial charge in [-0.25, -0.2) is 0 Å². The fourth-order valence-corrected chi connectivity index (χ4v) is 12.0. The van der Waals surface area contributed by atoms with Crippen LogP contribution in [0.3, 0.4) is 0 Å². The molecule has 0 bridgehead atoms. The van der Waals surface area contributed by atoms with E-state index in [0.29, 0.717) is 0 Å². The zero-order chi connectivity index (χ0) is 43.9. The second-order valence-corrected chi connectivity index (χ2v) is 24.0. The van der Waals surface area contributed by atoms with Crippen molar-refractivity contribution in [1.29, 1.82) is 0 Å². The lowest BCUT2D eigenvalue weighted by molar-refractivity contribution is 0.332. The largest absolute Gasteiger partial charge is 0.311 e. The van der Waals surface area contributed by atoms with E-state index in [1.54, 1.807) is 0 Å². The molecule has 2 aliphatic heterocycles. The van der Waals surface area contributed by atoms with Crippen LogP contribution >= 0.6 is 11.3 Å². The molecule has 7 aromatic rings. The Kier molecular flexibility index (Phi) is 9.07. The van der Waals surface area contributed by atoms with Crippen molar-refractivity contribution in [3.63, 3.8) is 0 Å². The summed E-state index contributed by atoms with van der Waals surface area (Å²) in [5.74, 6) is 0. The number of thiophene rings is 1. The molecule has 3 aliphatic rings. The molecule has 2 nitrogen and oxygen atoms in total. The van der Waals surface area contributed by atoms with E-state index in [-0.39, 0.29) is 33.8 Å². The monoisotopic (exact) mass is 830 g/mol. The van der Waals surface area contributed by atoms with E-state index in [9.17, 15) is 0 Å². The standard InChI is InChI=1S/C58H63BN2S/c1-54(2,3)37-22-26-40(27-23-37)60-47-20-17-21-48-51(47)59(53-52(60)42-34-43-44(35-50(42)62-53)58(12,13)31-30-57(43,10)11)45-28-24-39(56(7,8)9)33-49(45)61(48)46-29-25-38(55(4,5)6)32-41(46)36-18-15-14-16-19-36/h14-29,32-35H,30-31H2,1-13H3. The van der Waals surface area contributed by atoms with Crippen molar-refractivity contribution >= 4 is 78.0 Å². The molecule has 0 atom stereocenters. The quantitative estimate of drug-likeness (QED) is 0.164. The Hall–Kier alpha value is -5.06. The van der Waals surface area contributed by atoms with Crippen LogP contribution in [-0.4, -0.2) is 6.71 Å². The van der Waals surface area contributed by atoms with E-state index in [0.717, 1.165) is 0 Å². The van der Waals surface area contributed by atoms with Gasteiger partial charge in [-0.3, -0.25) is 0 Å². The van der Waals surface area contributed by atoms with Crippen molar-refractivity contribution in [2.45, 2.75) is 130 Å². The zero-order valence-electron chi connectivity index (χ0n) is 39.3.